The monoisotopic (exact) mass is 477 g/mol. The number of carboxylic acids is 1. The molecule has 3 heterocycles. The number of fused-ring (bicyclic) bond motifs is 1. The highest BCUT2D eigenvalue weighted by molar-refractivity contribution is 5.83. The number of methoxy groups -OCH3 is 1. The fourth-order valence-electron chi connectivity index (χ4n) is 5.03. The average molecular weight is 478 g/mol. The molecule has 4 rings (SSSR count). The molecule has 1 aliphatic heterocycles. The first-order valence-corrected chi connectivity index (χ1v) is 12.1. The number of piperidine rings is 1. The van der Waals surface area contributed by atoms with Gasteiger partial charge in [-0.15, -0.1) is 0 Å². The van der Waals surface area contributed by atoms with E-state index in [-0.39, 0.29) is 18.3 Å². The van der Waals surface area contributed by atoms with Crippen LogP contribution in [0.2, 0.25) is 0 Å². The van der Waals surface area contributed by atoms with E-state index in [1.165, 1.54) is 0 Å². The van der Waals surface area contributed by atoms with E-state index >= 15 is 4.39 Å². The van der Waals surface area contributed by atoms with Gasteiger partial charge in [-0.1, -0.05) is 5.92 Å². The fraction of sp³-hybridized carbons (Fsp3) is 0.429. The molecule has 184 valence electrons. The normalized spacial score (nSPS) is 19.2. The molecule has 0 amide bonds. The SMILES string of the molecule is COc1ccc2nccc([C@H](F)CC[C@@H]3CCN(CC#Cc4cccn4C)C[C@@H]3CC(=O)O)c2c1. The zero-order valence-corrected chi connectivity index (χ0v) is 20.3. The molecule has 35 heavy (non-hydrogen) atoms. The van der Waals surface area contributed by atoms with Gasteiger partial charge >= 0.3 is 5.97 Å². The number of pyridine rings is 1. The highest BCUT2D eigenvalue weighted by Crippen LogP contribution is 2.36. The Morgan fingerprint density at radius 1 is 1.31 bits per heavy atom. The van der Waals surface area contributed by atoms with E-state index < -0.39 is 12.1 Å². The first kappa shape index (κ1) is 24.7. The summed E-state index contributed by atoms with van der Waals surface area (Å²) in [4.78, 5) is 18.1. The molecule has 0 radical (unpaired) electrons. The lowest BCUT2D eigenvalue weighted by Gasteiger charge is -2.37. The second kappa shape index (κ2) is 11.4. The van der Waals surface area contributed by atoms with E-state index in [4.69, 9.17) is 4.74 Å². The molecule has 7 heteroatoms. The van der Waals surface area contributed by atoms with Gasteiger partial charge in [0, 0.05) is 37.8 Å². The summed E-state index contributed by atoms with van der Waals surface area (Å²) in [6, 6.07) is 11.1. The van der Waals surface area contributed by atoms with Crippen LogP contribution in [0.15, 0.2) is 48.8 Å². The smallest absolute Gasteiger partial charge is 0.303 e. The summed E-state index contributed by atoms with van der Waals surface area (Å²) in [5.74, 6) is 6.42. The molecule has 1 saturated heterocycles. The van der Waals surface area contributed by atoms with E-state index in [1.54, 1.807) is 19.4 Å². The molecule has 2 aromatic heterocycles. The Morgan fingerprint density at radius 3 is 2.91 bits per heavy atom. The van der Waals surface area contributed by atoms with Gasteiger partial charge in [-0.3, -0.25) is 14.7 Å². The summed E-state index contributed by atoms with van der Waals surface area (Å²) in [5.41, 5.74) is 2.30. The number of aliphatic carboxylic acids is 1. The molecule has 1 N–H and O–H groups in total. The van der Waals surface area contributed by atoms with Crippen molar-refractivity contribution in [2.24, 2.45) is 18.9 Å². The third-order valence-corrected chi connectivity index (χ3v) is 6.99. The number of hydrogen-bond acceptors (Lipinski definition) is 4. The van der Waals surface area contributed by atoms with Crippen LogP contribution in [0.1, 0.15) is 43.1 Å². The van der Waals surface area contributed by atoms with Crippen LogP contribution in [0.4, 0.5) is 4.39 Å². The van der Waals surface area contributed by atoms with E-state index in [9.17, 15) is 9.90 Å². The fourth-order valence-corrected chi connectivity index (χ4v) is 5.03. The topological polar surface area (TPSA) is 67.6 Å². The van der Waals surface area contributed by atoms with Crippen molar-refractivity contribution < 1.29 is 19.0 Å². The largest absolute Gasteiger partial charge is 0.497 e. The second-order valence-corrected chi connectivity index (χ2v) is 9.28. The first-order chi connectivity index (χ1) is 16.9. The third-order valence-electron chi connectivity index (χ3n) is 6.99. The van der Waals surface area contributed by atoms with Gasteiger partial charge in [0.15, 0.2) is 0 Å². The average Bonchev–Trinajstić information content (AvgIpc) is 3.26. The van der Waals surface area contributed by atoms with Crippen LogP contribution < -0.4 is 4.74 Å². The van der Waals surface area contributed by atoms with Crippen LogP contribution in [0, 0.1) is 23.7 Å². The molecule has 3 aromatic rings. The van der Waals surface area contributed by atoms with Crippen molar-refractivity contribution in [3.63, 3.8) is 0 Å². The molecular formula is C28H32FN3O3. The summed E-state index contributed by atoms with van der Waals surface area (Å²) in [6.45, 7) is 2.12. The van der Waals surface area contributed by atoms with Gasteiger partial charge in [0.1, 0.15) is 11.9 Å². The number of likely N-dealkylation sites (tertiary alicyclic amines) is 1. The Hall–Kier alpha value is -3.37. The van der Waals surface area contributed by atoms with Crippen LogP contribution in [0.25, 0.3) is 10.9 Å². The molecule has 0 aliphatic carbocycles. The number of hydrogen-bond donors (Lipinski definition) is 1. The van der Waals surface area contributed by atoms with E-state index in [1.807, 2.05) is 48.1 Å². The maximum absolute atomic E-state index is 15.4. The van der Waals surface area contributed by atoms with E-state index in [0.29, 0.717) is 37.2 Å². The van der Waals surface area contributed by atoms with Crippen molar-refractivity contribution in [3.05, 3.63) is 60.0 Å². The Labute approximate surface area is 205 Å². The predicted octanol–water partition coefficient (Wildman–Crippen LogP) is 4.84. The number of ether oxygens (including phenoxy) is 1. The summed E-state index contributed by atoms with van der Waals surface area (Å²) in [7, 11) is 3.55. The first-order valence-electron chi connectivity index (χ1n) is 12.1. The van der Waals surface area contributed by atoms with Crippen LogP contribution >= 0.6 is 0 Å². The minimum absolute atomic E-state index is 0.0143. The molecule has 0 spiro atoms. The lowest BCUT2D eigenvalue weighted by Crippen LogP contribution is -2.41. The van der Waals surface area contributed by atoms with Crippen LogP contribution in [-0.4, -0.2) is 52.3 Å². The second-order valence-electron chi connectivity index (χ2n) is 9.28. The van der Waals surface area contributed by atoms with Crippen LogP contribution in [0.5, 0.6) is 5.75 Å². The predicted molar refractivity (Wildman–Crippen MR) is 134 cm³/mol. The molecule has 1 aliphatic rings. The number of halogens is 1. The van der Waals surface area contributed by atoms with Crippen molar-refractivity contribution in [1.29, 1.82) is 0 Å². The number of alkyl halides is 1. The summed E-state index contributed by atoms with van der Waals surface area (Å²) in [5, 5.41) is 10.2. The van der Waals surface area contributed by atoms with Crippen molar-refractivity contribution in [2.75, 3.05) is 26.7 Å². The maximum Gasteiger partial charge on any atom is 0.303 e. The Bertz CT molecular complexity index is 1230. The Morgan fingerprint density at radius 2 is 2.17 bits per heavy atom. The van der Waals surface area contributed by atoms with Gasteiger partial charge < -0.3 is 14.4 Å². The highest BCUT2D eigenvalue weighted by Gasteiger charge is 2.31. The summed E-state index contributed by atoms with van der Waals surface area (Å²) >= 11 is 0. The zero-order valence-electron chi connectivity index (χ0n) is 20.3. The molecule has 1 aromatic carbocycles. The lowest BCUT2D eigenvalue weighted by atomic mass is 9.79. The Balaban J connectivity index is 1.39. The third kappa shape index (κ3) is 6.20. The van der Waals surface area contributed by atoms with Crippen molar-refractivity contribution in [3.8, 4) is 17.6 Å². The molecule has 6 nitrogen and oxygen atoms in total. The van der Waals surface area contributed by atoms with Crippen molar-refractivity contribution in [1.82, 2.24) is 14.5 Å². The number of carbonyl (C=O) groups is 1. The van der Waals surface area contributed by atoms with Crippen LogP contribution in [0.3, 0.4) is 0 Å². The van der Waals surface area contributed by atoms with Gasteiger partial charge in [-0.05, 0) is 85.5 Å². The maximum atomic E-state index is 15.4. The number of nitrogens with zero attached hydrogens (tertiary/aromatic N) is 3. The number of rotatable bonds is 8. The molecule has 1 fully saturated rings. The number of aromatic nitrogens is 2. The number of carboxylic acid groups (broad SMARTS) is 1. The quantitative estimate of drug-likeness (QED) is 0.471. The minimum atomic E-state index is -1.15. The van der Waals surface area contributed by atoms with Gasteiger partial charge in [-0.2, -0.15) is 0 Å². The minimum Gasteiger partial charge on any atom is -0.497 e. The molecule has 0 unspecified atom stereocenters. The molecule has 0 bridgehead atoms. The van der Waals surface area contributed by atoms with Crippen LogP contribution in [-0.2, 0) is 11.8 Å². The van der Waals surface area contributed by atoms with Gasteiger partial charge in [0.25, 0.3) is 0 Å². The van der Waals surface area contributed by atoms with Crippen molar-refractivity contribution in [2.45, 2.75) is 31.9 Å². The number of benzene rings is 1. The van der Waals surface area contributed by atoms with Gasteiger partial charge in [0.05, 0.1) is 24.9 Å². The van der Waals surface area contributed by atoms with Gasteiger partial charge in [-0.25, -0.2) is 4.39 Å². The summed E-state index contributed by atoms with van der Waals surface area (Å²) < 4.78 is 22.7. The number of aryl methyl sites for hydroxylation is 1. The molecule has 0 saturated carbocycles. The van der Waals surface area contributed by atoms with Gasteiger partial charge in [0.2, 0.25) is 0 Å². The standard InChI is InChI=1S/C28H32FN3O3/c1-31-14-3-5-22(31)6-4-15-32-16-12-20(21(19-32)17-28(33)34)7-9-26(29)24-11-13-30-27-10-8-23(35-2)18-25(24)27/h3,5,8,10-11,13-14,18,20-21,26H,7,9,12,15-17,19H2,1-2H3,(H,33,34)/t20-,21+,26-/m1/s1. The van der Waals surface area contributed by atoms with Crippen molar-refractivity contribution >= 4 is 16.9 Å². The summed E-state index contributed by atoms with van der Waals surface area (Å²) in [6.07, 6.45) is 4.40. The van der Waals surface area contributed by atoms with E-state index in [0.717, 1.165) is 29.6 Å². The zero-order chi connectivity index (χ0) is 24.8. The molecular weight excluding hydrogens is 445 g/mol. The Kier molecular flexibility index (Phi) is 8.04. The van der Waals surface area contributed by atoms with E-state index in [2.05, 4.69) is 21.7 Å². The highest BCUT2D eigenvalue weighted by atomic mass is 19.1. The lowest BCUT2D eigenvalue weighted by molar-refractivity contribution is -0.139. The molecule has 3 atom stereocenters.